The molecule has 4 rings (SSSR count). The van der Waals surface area contributed by atoms with Crippen molar-refractivity contribution in [1.82, 2.24) is 0 Å². The van der Waals surface area contributed by atoms with E-state index in [9.17, 15) is 24.6 Å². The summed E-state index contributed by atoms with van der Waals surface area (Å²) in [5, 5.41) is 19.3. The van der Waals surface area contributed by atoms with E-state index in [2.05, 4.69) is 0 Å². The molecule has 0 unspecified atom stereocenters. The van der Waals surface area contributed by atoms with Crippen LogP contribution in [0, 0.1) is 5.41 Å². The molecule has 5 nitrogen and oxygen atoms in total. The van der Waals surface area contributed by atoms with Crippen LogP contribution in [0.25, 0.3) is 0 Å². The molecule has 0 bridgehead atoms. The summed E-state index contributed by atoms with van der Waals surface area (Å²) in [5.41, 5.74) is 1.08. The van der Waals surface area contributed by atoms with Crippen LogP contribution in [0.2, 0.25) is 0 Å². The third-order valence-corrected chi connectivity index (χ3v) is 7.03. The first-order chi connectivity index (χ1) is 14.9. The fraction of sp³-hybridized carbons (Fsp3) is 0.160. The van der Waals surface area contributed by atoms with E-state index < -0.39 is 17.4 Å². The van der Waals surface area contributed by atoms with E-state index in [1.54, 1.807) is 54.2 Å². The number of thioether (sulfide) groups is 1. The van der Waals surface area contributed by atoms with Crippen molar-refractivity contribution in [1.29, 1.82) is 0 Å². The maximum Gasteiger partial charge on any atom is 0.335 e. The van der Waals surface area contributed by atoms with Crippen molar-refractivity contribution in [3.63, 3.8) is 0 Å². The Morgan fingerprint density at radius 2 is 1.26 bits per heavy atom. The average molecular weight is 432 g/mol. The molecule has 3 aromatic rings. The molecule has 0 aromatic heterocycles. The van der Waals surface area contributed by atoms with Gasteiger partial charge in [0, 0.05) is 16.2 Å². The zero-order chi connectivity index (χ0) is 22.0. The second-order valence-corrected chi connectivity index (χ2v) is 8.69. The lowest BCUT2D eigenvalue weighted by atomic mass is 9.71. The minimum Gasteiger partial charge on any atom is -0.478 e. The molecule has 1 aliphatic heterocycles. The van der Waals surface area contributed by atoms with Crippen LogP contribution in [0.3, 0.4) is 0 Å². The first-order valence-corrected chi connectivity index (χ1v) is 10.8. The monoisotopic (exact) mass is 432 g/mol. The molecular weight excluding hydrogens is 412 g/mol. The van der Waals surface area contributed by atoms with Crippen LogP contribution in [0.4, 0.5) is 0 Å². The normalized spacial score (nSPS) is 14.6. The molecule has 3 aromatic carbocycles. The van der Waals surface area contributed by atoms with Gasteiger partial charge in [-0.15, -0.1) is 11.8 Å². The minimum atomic E-state index is -1.05. The highest BCUT2D eigenvalue weighted by Gasteiger charge is 2.44. The zero-order valence-electron chi connectivity index (χ0n) is 16.6. The number of hydrogen-bond acceptors (Lipinski definition) is 4. The Morgan fingerprint density at radius 3 is 1.81 bits per heavy atom. The number of Topliss-reactive ketones (excluding diaryl/α,β-unsaturated/α-hetero) is 1. The molecular formula is C25H20O5S. The third-order valence-electron chi connectivity index (χ3n) is 5.67. The van der Waals surface area contributed by atoms with Gasteiger partial charge in [-0.3, -0.25) is 4.79 Å². The molecule has 0 spiro atoms. The lowest BCUT2D eigenvalue weighted by molar-refractivity contribution is 0.0685. The molecule has 0 radical (unpaired) electrons. The van der Waals surface area contributed by atoms with Crippen LogP contribution in [-0.4, -0.2) is 33.7 Å². The maximum absolute atomic E-state index is 13.8. The van der Waals surface area contributed by atoms with Crippen molar-refractivity contribution in [2.75, 3.05) is 5.75 Å². The van der Waals surface area contributed by atoms with E-state index in [-0.39, 0.29) is 29.8 Å². The molecule has 156 valence electrons. The van der Waals surface area contributed by atoms with E-state index in [1.807, 2.05) is 18.2 Å². The van der Waals surface area contributed by atoms with Crippen LogP contribution in [0.15, 0.2) is 77.7 Å². The predicted molar refractivity (Wildman–Crippen MR) is 118 cm³/mol. The molecule has 0 fully saturated rings. The number of hydrogen-bond donors (Lipinski definition) is 2. The standard InChI is InChI=1S/C25H20O5S/c26-22-20-11-5-6-12-21(20)31-15-25(22,13-16-7-1-3-9-18(16)23(27)28)14-17-8-2-4-10-19(17)24(29)30/h1-12H,13-15H2,(H,27,28)(H,29,30). The molecule has 1 heterocycles. The van der Waals surface area contributed by atoms with Crippen LogP contribution < -0.4 is 0 Å². The van der Waals surface area contributed by atoms with Crippen molar-refractivity contribution in [2.24, 2.45) is 5.41 Å². The van der Waals surface area contributed by atoms with E-state index in [0.29, 0.717) is 22.4 Å². The summed E-state index contributed by atoms with van der Waals surface area (Å²) in [6, 6.07) is 20.7. The largest absolute Gasteiger partial charge is 0.478 e. The molecule has 0 aliphatic carbocycles. The van der Waals surface area contributed by atoms with Crippen LogP contribution in [0.1, 0.15) is 42.2 Å². The lowest BCUT2D eigenvalue weighted by Crippen LogP contribution is -2.41. The number of fused-ring (bicyclic) bond motifs is 1. The van der Waals surface area contributed by atoms with Gasteiger partial charge in [0.15, 0.2) is 5.78 Å². The second kappa shape index (κ2) is 8.40. The fourth-order valence-electron chi connectivity index (χ4n) is 4.17. The lowest BCUT2D eigenvalue weighted by Gasteiger charge is -2.37. The van der Waals surface area contributed by atoms with Gasteiger partial charge in [0.2, 0.25) is 0 Å². The number of carboxylic acid groups (broad SMARTS) is 2. The Hall–Kier alpha value is -3.38. The number of benzene rings is 3. The second-order valence-electron chi connectivity index (χ2n) is 7.67. The van der Waals surface area contributed by atoms with Crippen molar-refractivity contribution >= 4 is 29.5 Å². The topological polar surface area (TPSA) is 91.7 Å². The van der Waals surface area contributed by atoms with E-state index in [4.69, 9.17) is 0 Å². The molecule has 0 atom stereocenters. The molecule has 31 heavy (non-hydrogen) atoms. The molecule has 0 saturated heterocycles. The molecule has 1 aliphatic rings. The first kappa shape index (κ1) is 20.9. The van der Waals surface area contributed by atoms with E-state index in [1.165, 1.54) is 12.1 Å². The fourth-order valence-corrected chi connectivity index (χ4v) is 5.43. The molecule has 2 N–H and O–H groups in total. The van der Waals surface area contributed by atoms with Crippen molar-refractivity contribution in [2.45, 2.75) is 17.7 Å². The van der Waals surface area contributed by atoms with Gasteiger partial charge >= 0.3 is 11.9 Å². The number of carboxylic acids is 2. The smallest absolute Gasteiger partial charge is 0.335 e. The summed E-state index contributed by atoms with van der Waals surface area (Å²) in [4.78, 5) is 38.3. The summed E-state index contributed by atoms with van der Waals surface area (Å²) in [5.74, 6) is -1.74. The Balaban J connectivity index is 1.84. The maximum atomic E-state index is 13.8. The number of rotatable bonds is 6. The van der Waals surface area contributed by atoms with E-state index in [0.717, 1.165) is 4.90 Å². The van der Waals surface area contributed by atoms with Gasteiger partial charge in [-0.2, -0.15) is 0 Å². The summed E-state index contributed by atoms with van der Waals surface area (Å²) in [6.07, 6.45) is 0.424. The van der Waals surface area contributed by atoms with Crippen LogP contribution in [0.5, 0.6) is 0 Å². The van der Waals surface area contributed by atoms with Gasteiger partial charge in [-0.1, -0.05) is 54.6 Å². The Morgan fingerprint density at radius 1 is 0.774 bits per heavy atom. The summed E-state index contributed by atoms with van der Waals surface area (Å²) in [6.45, 7) is 0. The number of carbonyl (C=O) groups is 3. The third kappa shape index (κ3) is 3.99. The average Bonchev–Trinajstić information content (AvgIpc) is 2.77. The number of ketones is 1. The van der Waals surface area contributed by atoms with Gasteiger partial charge in [0.05, 0.1) is 16.5 Å². The van der Waals surface area contributed by atoms with Crippen molar-refractivity contribution in [3.8, 4) is 0 Å². The highest BCUT2D eigenvalue weighted by molar-refractivity contribution is 7.99. The number of aromatic carboxylic acids is 2. The first-order valence-electron chi connectivity index (χ1n) is 9.80. The SMILES string of the molecule is O=C(O)c1ccccc1CC1(Cc2ccccc2C(=O)O)CSc2ccccc2C1=O. The van der Waals surface area contributed by atoms with Crippen molar-refractivity contribution in [3.05, 3.63) is 101 Å². The zero-order valence-corrected chi connectivity index (χ0v) is 17.4. The van der Waals surface area contributed by atoms with Crippen LogP contribution >= 0.6 is 11.8 Å². The van der Waals surface area contributed by atoms with Gasteiger partial charge in [-0.25, -0.2) is 9.59 Å². The summed E-state index contributed by atoms with van der Waals surface area (Å²) < 4.78 is 0. The predicted octanol–water partition coefficient (Wildman–Crippen LogP) is 4.84. The van der Waals surface area contributed by atoms with Crippen molar-refractivity contribution < 1.29 is 24.6 Å². The molecule has 0 saturated carbocycles. The molecule has 0 amide bonds. The summed E-state index contributed by atoms with van der Waals surface area (Å²) >= 11 is 1.55. The highest BCUT2D eigenvalue weighted by Crippen LogP contribution is 2.44. The quantitative estimate of drug-likeness (QED) is 0.579. The Bertz CT molecular complexity index is 1120. The summed E-state index contributed by atoms with van der Waals surface area (Å²) in [7, 11) is 0. The number of carbonyl (C=O) groups excluding carboxylic acids is 1. The van der Waals surface area contributed by atoms with Gasteiger partial charge < -0.3 is 10.2 Å². The molecule has 6 heteroatoms. The van der Waals surface area contributed by atoms with Gasteiger partial charge in [0.25, 0.3) is 0 Å². The Labute approximate surface area is 183 Å². The van der Waals surface area contributed by atoms with E-state index >= 15 is 0 Å². The minimum absolute atomic E-state index is 0.0813. The van der Waals surface area contributed by atoms with Crippen LogP contribution in [-0.2, 0) is 12.8 Å². The Kier molecular flexibility index (Phi) is 5.65. The van der Waals surface area contributed by atoms with Gasteiger partial charge in [0.1, 0.15) is 0 Å². The van der Waals surface area contributed by atoms with Gasteiger partial charge in [-0.05, 0) is 42.2 Å². The highest BCUT2D eigenvalue weighted by atomic mass is 32.2.